The lowest BCUT2D eigenvalue weighted by atomic mass is 10.1. The number of rotatable bonds is 2. The van der Waals surface area contributed by atoms with Crippen LogP contribution in [0.25, 0.3) is 11.6 Å². The fraction of sp³-hybridized carbons (Fsp3) is 0.500. The highest BCUT2D eigenvalue weighted by Gasteiger charge is 2.17. The molecule has 7 nitrogen and oxygen atoms in total. The maximum Gasteiger partial charge on any atom is 0.230 e. The Morgan fingerprint density at radius 1 is 1.11 bits per heavy atom. The molecule has 0 bridgehead atoms. The number of piperidine rings is 1. The molecule has 2 aromatic rings. The summed E-state index contributed by atoms with van der Waals surface area (Å²) in [6, 6.07) is 0. The third kappa shape index (κ3) is 2.35. The van der Waals surface area contributed by atoms with Crippen molar-refractivity contribution in [2.24, 2.45) is 7.05 Å². The molecule has 3 heterocycles. The molecule has 100 valence electrons. The van der Waals surface area contributed by atoms with Gasteiger partial charge in [-0.2, -0.15) is 15.0 Å². The van der Waals surface area contributed by atoms with Crippen LogP contribution in [0.3, 0.4) is 0 Å². The summed E-state index contributed by atoms with van der Waals surface area (Å²) in [4.78, 5) is 19.3. The number of nitrogens with two attached hydrogens (primary N) is 1. The third-order valence-electron chi connectivity index (χ3n) is 3.30. The molecule has 0 aromatic carbocycles. The fourth-order valence-electron chi connectivity index (χ4n) is 2.30. The van der Waals surface area contributed by atoms with Gasteiger partial charge in [0.2, 0.25) is 17.7 Å². The molecule has 2 N–H and O–H groups in total. The van der Waals surface area contributed by atoms with Crippen LogP contribution < -0.4 is 10.6 Å². The zero-order valence-electron chi connectivity index (χ0n) is 11.0. The van der Waals surface area contributed by atoms with Gasteiger partial charge in [0, 0.05) is 32.5 Å². The molecule has 0 spiro atoms. The number of nitrogen functional groups attached to an aromatic ring is 1. The molecule has 1 saturated heterocycles. The summed E-state index contributed by atoms with van der Waals surface area (Å²) >= 11 is 0. The number of imidazole rings is 1. The molecular weight excluding hydrogens is 242 g/mol. The van der Waals surface area contributed by atoms with Crippen LogP contribution in [0.15, 0.2) is 12.4 Å². The normalized spacial score (nSPS) is 15.7. The lowest BCUT2D eigenvalue weighted by Gasteiger charge is -2.26. The second-order valence-electron chi connectivity index (χ2n) is 4.73. The summed E-state index contributed by atoms with van der Waals surface area (Å²) in [6.45, 7) is 1.95. The van der Waals surface area contributed by atoms with E-state index < -0.39 is 0 Å². The zero-order valence-corrected chi connectivity index (χ0v) is 11.0. The standard InChI is InChI=1S/C12H17N7/c1-18-8-5-14-10(18)9-15-11(13)17-12(16-9)19-6-3-2-4-7-19/h5,8H,2-4,6-7H2,1H3,(H2,13,15,16,17). The second-order valence-corrected chi connectivity index (χ2v) is 4.73. The molecular formula is C12H17N7. The molecule has 0 saturated carbocycles. The van der Waals surface area contributed by atoms with Crippen molar-refractivity contribution >= 4 is 11.9 Å². The van der Waals surface area contributed by atoms with E-state index in [2.05, 4.69) is 24.8 Å². The van der Waals surface area contributed by atoms with Crippen LogP contribution in [0.1, 0.15) is 19.3 Å². The van der Waals surface area contributed by atoms with E-state index in [0.717, 1.165) is 13.1 Å². The van der Waals surface area contributed by atoms with Crippen molar-refractivity contribution in [3.63, 3.8) is 0 Å². The van der Waals surface area contributed by atoms with Crippen molar-refractivity contribution in [1.82, 2.24) is 24.5 Å². The quantitative estimate of drug-likeness (QED) is 0.860. The predicted octanol–water partition coefficient (Wildman–Crippen LogP) is 0.845. The Labute approximate surface area is 111 Å². The lowest BCUT2D eigenvalue weighted by Crippen LogP contribution is -2.31. The first-order valence-corrected chi connectivity index (χ1v) is 6.48. The molecule has 0 aliphatic carbocycles. The summed E-state index contributed by atoms with van der Waals surface area (Å²) < 4.78 is 1.87. The van der Waals surface area contributed by atoms with Crippen molar-refractivity contribution in [2.45, 2.75) is 19.3 Å². The molecule has 1 fully saturated rings. The van der Waals surface area contributed by atoms with Crippen LogP contribution in [0, 0.1) is 0 Å². The van der Waals surface area contributed by atoms with E-state index in [1.807, 2.05) is 17.8 Å². The van der Waals surface area contributed by atoms with E-state index in [9.17, 15) is 0 Å². The van der Waals surface area contributed by atoms with Crippen molar-refractivity contribution in [3.05, 3.63) is 12.4 Å². The predicted molar refractivity (Wildman–Crippen MR) is 72.5 cm³/mol. The van der Waals surface area contributed by atoms with E-state index in [1.54, 1.807) is 6.20 Å². The third-order valence-corrected chi connectivity index (χ3v) is 3.30. The SMILES string of the molecule is Cn1ccnc1-c1nc(N)nc(N2CCCCC2)n1. The number of aromatic nitrogens is 5. The van der Waals surface area contributed by atoms with Crippen LogP contribution in [-0.2, 0) is 7.05 Å². The molecule has 0 atom stereocenters. The summed E-state index contributed by atoms with van der Waals surface area (Å²) in [7, 11) is 1.91. The van der Waals surface area contributed by atoms with Crippen molar-refractivity contribution in [1.29, 1.82) is 0 Å². The number of hydrogen-bond acceptors (Lipinski definition) is 6. The van der Waals surface area contributed by atoms with Gasteiger partial charge in [0.05, 0.1) is 0 Å². The molecule has 0 unspecified atom stereocenters. The summed E-state index contributed by atoms with van der Waals surface area (Å²) in [5.41, 5.74) is 5.80. The van der Waals surface area contributed by atoms with Gasteiger partial charge in [-0.3, -0.25) is 0 Å². The zero-order chi connectivity index (χ0) is 13.2. The van der Waals surface area contributed by atoms with Gasteiger partial charge in [-0.05, 0) is 19.3 Å². The molecule has 19 heavy (non-hydrogen) atoms. The average molecular weight is 259 g/mol. The van der Waals surface area contributed by atoms with E-state index >= 15 is 0 Å². The smallest absolute Gasteiger partial charge is 0.230 e. The molecule has 7 heteroatoms. The van der Waals surface area contributed by atoms with Gasteiger partial charge in [0.25, 0.3) is 0 Å². The highest BCUT2D eigenvalue weighted by molar-refractivity contribution is 5.50. The Morgan fingerprint density at radius 3 is 2.58 bits per heavy atom. The minimum Gasteiger partial charge on any atom is -0.368 e. The maximum absolute atomic E-state index is 5.80. The van der Waals surface area contributed by atoms with E-state index in [-0.39, 0.29) is 5.95 Å². The number of nitrogens with zero attached hydrogens (tertiary/aromatic N) is 6. The summed E-state index contributed by atoms with van der Waals surface area (Å²) in [5.74, 6) is 2.13. The van der Waals surface area contributed by atoms with Crippen LogP contribution in [0.2, 0.25) is 0 Å². The first-order chi connectivity index (χ1) is 9.24. The highest BCUT2D eigenvalue weighted by atomic mass is 15.3. The first kappa shape index (κ1) is 11.9. The van der Waals surface area contributed by atoms with Gasteiger partial charge in [-0.15, -0.1) is 0 Å². The fourth-order valence-corrected chi connectivity index (χ4v) is 2.30. The van der Waals surface area contributed by atoms with Crippen molar-refractivity contribution in [2.75, 3.05) is 23.7 Å². The highest BCUT2D eigenvalue weighted by Crippen LogP contribution is 2.19. The molecule has 0 radical (unpaired) electrons. The van der Waals surface area contributed by atoms with Gasteiger partial charge in [-0.25, -0.2) is 4.98 Å². The minimum absolute atomic E-state index is 0.244. The minimum atomic E-state index is 0.244. The summed E-state index contributed by atoms with van der Waals surface area (Å²) in [6.07, 6.45) is 7.18. The number of hydrogen-bond donors (Lipinski definition) is 1. The molecule has 2 aromatic heterocycles. The Bertz CT molecular complexity index is 571. The number of aryl methyl sites for hydroxylation is 1. The Hall–Kier alpha value is -2.18. The van der Waals surface area contributed by atoms with Gasteiger partial charge in [0.1, 0.15) is 0 Å². The monoisotopic (exact) mass is 259 g/mol. The Balaban J connectivity index is 1.98. The van der Waals surface area contributed by atoms with E-state index in [0.29, 0.717) is 17.6 Å². The molecule has 1 aliphatic heterocycles. The summed E-state index contributed by atoms with van der Waals surface area (Å²) in [5, 5.41) is 0. The van der Waals surface area contributed by atoms with Gasteiger partial charge in [-0.1, -0.05) is 0 Å². The largest absolute Gasteiger partial charge is 0.368 e. The van der Waals surface area contributed by atoms with Crippen molar-refractivity contribution in [3.8, 4) is 11.6 Å². The van der Waals surface area contributed by atoms with Crippen LogP contribution in [-0.4, -0.2) is 37.6 Å². The van der Waals surface area contributed by atoms with Gasteiger partial charge < -0.3 is 15.2 Å². The van der Waals surface area contributed by atoms with Gasteiger partial charge in [0.15, 0.2) is 5.82 Å². The topological polar surface area (TPSA) is 85.8 Å². The first-order valence-electron chi connectivity index (χ1n) is 6.48. The van der Waals surface area contributed by atoms with Crippen LogP contribution in [0.5, 0.6) is 0 Å². The Kier molecular flexibility index (Phi) is 3.02. The molecule has 3 rings (SSSR count). The Morgan fingerprint density at radius 2 is 1.89 bits per heavy atom. The van der Waals surface area contributed by atoms with Crippen molar-refractivity contribution < 1.29 is 0 Å². The van der Waals surface area contributed by atoms with Crippen LogP contribution in [0.4, 0.5) is 11.9 Å². The number of anilines is 2. The molecule has 1 aliphatic rings. The van der Waals surface area contributed by atoms with Crippen LogP contribution >= 0.6 is 0 Å². The van der Waals surface area contributed by atoms with E-state index in [1.165, 1.54) is 19.3 Å². The average Bonchev–Trinajstić information content (AvgIpc) is 2.85. The molecule has 0 amide bonds. The van der Waals surface area contributed by atoms with E-state index in [4.69, 9.17) is 5.73 Å². The second kappa shape index (κ2) is 4.83. The lowest BCUT2D eigenvalue weighted by molar-refractivity contribution is 0.568. The maximum atomic E-state index is 5.80. The van der Waals surface area contributed by atoms with Gasteiger partial charge >= 0.3 is 0 Å².